The van der Waals surface area contributed by atoms with Crippen LogP contribution in [0.2, 0.25) is 0 Å². The second kappa shape index (κ2) is 9.75. The van der Waals surface area contributed by atoms with Crippen molar-refractivity contribution in [2.75, 3.05) is 7.11 Å². The number of methoxy groups -OCH3 is 1. The Morgan fingerprint density at radius 2 is 1.67 bits per heavy atom. The average molecular weight is 334 g/mol. The van der Waals surface area contributed by atoms with Gasteiger partial charge >= 0.3 is 11.9 Å². The Labute approximate surface area is 143 Å². The van der Waals surface area contributed by atoms with Crippen molar-refractivity contribution in [2.45, 2.75) is 46.0 Å². The second-order valence-corrected chi connectivity index (χ2v) is 5.81. The zero-order valence-electron chi connectivity index (χ0n) is 14.5. The lowest BCUT2D eigenvalue weighted by Gasteiger charge is -2.18. The van der Waals surface area contributed by atoms with Crippen LogP contribution in [0.4, 0.5) is 0 Å². The number of hydrogen-bond acceptors (Lipinski definition) is 3. The fourth-order valence-corrected chi connectivity index (χ4v) is 2.74. The van der Waals surface area contributed by atoms with Crippen LogP contribution >= 0.6 is 0 Å². The molecule has 0 fully saturated rings. The molecule has 1 aromatic carbocycles. The predicted molar refractivity (Wildman–Crippen MR) is 93.1 cm³/mol. The van der Waals surface area contributed by atoms with Gasteiger partial charge in [-0.2, -0.15) is 0 Å². The zero-order valence-corrected chi connectivity index (χ0v) is 14.5. The van der Waals surface area contributed by atoms with E-state index in [1.807, 2.05) is 6.92 Å². The van der Waals surface area contributed by atoms with Crippen molar-refractivity contribution in [1.29, 1.82) is 0 Å². The number of hydrogen-bond donors (Lipinski definition) is 2. The number of ether oxygens (including phenoxy) is 1. The highest BCUT2D eigenvalue weighted by atomic mass is 16.5. The molecule has 0 heterocycles. The molecule has 2 N–H and O–H groups in total. The van der Waals surface area contributed by atoms with Gasteiger partial charge in [0.05, 0.1) is 7.11 Å². The van der Waals surface area contributed by atoms with Crippen molar-refractivity contribution in [2.24, 2.45) is 5.92 Å². The van der Waals surface area contributed by atoms with Crippen LogP contribution in [0, 0.1) is 5.92 Å². The number of unbranched alkanes of at least 4 members (excludes halogenated alkanes) is 1. The molecule has 0 saturated heterocycles. The van der Waals surface area contributed by atoms with Gasteiger partial charge < -0.3 is 14.9 Å². The number of allylic oxidation sites excluding steroid dienone is 1. The van der Waals surface area contributed by atoms with Crippen LogP contribution in [0.25, 0.3) is 5.57 Å². The Balaban J connectivity index is 3.31. The Morgan fingerprint density at radius 3 is 2.08 bits per heavy atom. The summed E-state index contributed by atoms with van der Waals surface area (Å²) < 4.78 is 5.11. The quantitative estimate of drug-likeness (QED) is 0.380. The molecule has 132 valence electrons. The largest absolute Gasteiger partial charge is 0.497 e. The molecule has 0 aliphatic rings. The lowest BCUT2D eigenvalue weighted by Crippen LogP contribution is -2.15. The van der Waals surface area contributed by atoms with E-state index in [2.05, 4.69) is 6.92 Å². The van der Waals surface area contributed by atoms with Crippen LogP contribution in [-0.4, -0.2) is 29.3 Å². The van der Waals surface area contributed by atoms with E-state index in [1.165, 1.54) is 0 Å². The van der Waals surface area contributed by atoms with Crippen LogP contribution in [0.1, 0.15) is 51.5 Å². The maximum absolute atomic E-state index is 11.5. The Bertz CT molecular complexity index is 570. The first-order chi connectivity index (χ1) is 11.4. The monoisotopic (exact) mass is 334 g/mol. The summed E-state index contributed by atoms with van der Waals surface area (Å²) in [6, 6.07) is 6.85. The summed E-state index contributed by atoms with van der Waals surface area (Å²) in [7, 11) is 1.55. The third-order valence-electron chi connectivity index (χ3n) is 4.20. The molecule has 5 heteroatoms. The first-order valence-corrected chi connectivity index (χ1v) is 8.28. The second-order valence-electron chi connectivity index (χ2n) is 5.81. The predicted octanol–water partition coefficient (Wildman–Crippen LogP) is 4.22. The minimum absolute atomic E-state index is 0.260. The van der Waals surface area contributed by atoms with Crippen LogP contribution in [0.3, 0.4) is 0 Å². The molecule has 0 bridgehead atoms. The molecule has 0 aliphatic carbocycles. The lowest BCUT2D eigenvalue weighted by molar-refractivity contribution is -0.140. The van der Waals surface area contributed by atoms with E-state index < -0.39 is 17.5 Å². The van der Waals surface area contributed by atoms with E-state index in [1.54, 1.807) is 31.4 Å². The number of benzene rings is 1. The number of carbonyl (C=O) groups is 2. The molecule has 5 nitrogen and oxygen atoms in total. The first-order valence-electron chi connectivity index (χ1n) is 8.28. The number of carboxylic acid groups (broad SMARTS) is 2. The molecule has 0 spiro atoms. The van der Waals surface area contributed by atoms with Crippen molar-refractivity contribution in [1.82, 2.24) is 0 Å². The first kappa shape index (κ1) is 19.7. The summed E-state index contributed by atoms with van der Waals surface area (Å²) in [4.78, 5) is 23.0. The van der Waals surface area contributed by atoms with Gasteiger partial charge in [0, 0.05) is 0 Å². The molecule has 1 rings (SSSR count). The van der Waals surface area contributed by atoms with Crippen molar-refractivity contribution in [3.8, 4) is 5.75 Å². The van der Waals surface area contributed by atoms with Gasteiger partial charge in [-0.05, 0) is 35.6 Å². The summed E-state index contributed by atoms with van der Waals surface area (Å²) in [5.74, 6) is -1.91. The van der Waals surface area contributed by atoms with E-state index in [0.29, 0.717) is 23.3 Å². The van der Waals surface area contributed by atoms with Gasteiger partial charge in [-0.1, -0.05) is 51.7 Å². The van der Waals surface area contributed by atoms with Crippen molar-refractivity contribution in [3.05, 3.63) is 35.4 Å². The highest BCUT2D eigenvalue weighted by Crippen LogP contribution is 2.31. The standard InChI is InChI=1S/C19H26O5/c1-4-6-7-13(5-2)12-16(17(18(20)21)19(22)23)14-8-10-15(24-3)11-9-14/h8-11,13H,4-7,12H2,1-3H3,(H,20,21)(H,22,23). The molecule has 1 atom stereocenters. The SMILES string of the molecule is CCCCC(CC)CC(=C(C(=O)O)C(=O)O)c1ccc(OC)cc1. The summed E-state index contributed by atoms with van der Waals surface area (Å²) in [5, 5.41) is 18.7. The van der Waals surface area contributed by atoms with Crippen LogP contribution < -0.4 is 4.74 Å². The smallest absolute Gasteiger partial charge is 0.343 e. The van der Waals surface area contributed by atoms with Crippen molar-refractivity contribution in [3.63, 3.8) is 0 Å². The van der Waals surface area contributed by atoms with E-state index in [-0.39, 0.29) is 5.92 Å². The fraction of sp³-hybridized carbons (Fsp3) is 0.474. The molecular weight excluding hydrogens is 308 g/mol. The number of rotatable bonds is 10. The third-order valence-corrected chi connectivity index (χ3v) is 4.20. The molecule has 1 aromatic rings. The summed E-state index contributed by atoms with van der Waals surface area (Å²) in [5.41, 5.74) is 0.446. The van der Waals surface area contributed by atoms with Gasteiger partial charge in [0.15, 0.2) is 0 Å². The van der Waals surface area contributed by atoms with Gasteiger partial charge in [-0.25, -0.2) is 9.59 Å². The van der Waals surface area contributed by atoms with Crippen LogP contribution in [0.15, 0.2) is 29.8 Å². The van der Waals surface area contributed by atoms with E-state index in [0.717, 1.165) is 25.7 Å². The average Bonchev–Trinajstić information content (AvgIpc) is 2.56. The molecular formula is C19H26O5. The maximum atomic E-state index is 11.5. The lowest BCUT2D eigenvalue weighted by atomic mass is 9.86. The molecule has 0 aromatic heterocycles. The van der Waals surface area contributed by atoms with E-state index in [9.17, 15) is 19.8 Å². The normalized spacial score (nSPS) is 11.6. The summed E-state index contributed by atoms with van der Waals surface area (Å²) in [6.07, 6.45) is 4.38. The highest BCUT2D eigenvalue weighted by Gasteiger charge is 2.25. The maximum Gasteiger partial charge on any atom is 0.343 e. The van der Waals surface area contributed by atoms with Crippen molar-refractivity contribution >= 4 is 17.5 Å². The third kappa shape index (κ3) is 5.41. The molecule has 0 aliphatic heterocycles. The highest BCUT2D eigenvalue weighted by molar-refractivity contribution is 6.18. The van der Waals surface area contributed by atoms with Crippen LogP contribution in [0.5, 0.6) is 5.75 Å². The number of carboxylic acids is 2. The Morgan fingerprint density at radius 1 is 1.08 bits per heavy atom. The summed E-state index contributed by atoms with van der Waals surface area (Å²) >= 11 is 0. The van der Waals surface area contributed by atoms with Crippen molar-refractivity contribution < 1.29 is 24.5 Å². The molecule has 0 saturated carbocycles. The fourth-order valence-electron chi connectivity index (χ4n) is 2.74. The van der Waals surface area contributed by atoms with Gasteiger partial charge in [-0.3, -0.25) is 0 Å². The minimum Gasteiger partial charge on any atom is -0.497 e. The Kier molecular flexibility index (Phi) is 8.02. The molecule has 0 amide bonds. The molecule has 1 unspecified atom stereocenters. The Hall–Kier alpha value is -2.30. The summed E-state index contributed by atoms with van der Waals surface area (Å²) in [6.45, 7) is 4.15. The molecule has 0 radical (unpaired) electrons. The zero-order chi connectivity index (χ0) is 18.1. The van der Waals surface area contributed by atoms with E-state index in [4.69, 9.17) is 4.74 Å². The van der Waals surface area contributed by atoms with Gasteiger partial charge in [-0.15, -0.1) is 0 Å². The number of aliphatic carboxylic acids is 2. The molecule has 24 heavy (non-hydrogen) atoms. The van der Waals surface area contributed by atoms with E-state index >= 15 is 0 Å². The topological polar surface area (TPSA) is 83.8 Å². The van der Waals surface area contributed by atoms with Gasteiger partial charge in [0.25, 0.3) is 0 Å². The van der Waals surface area contributed by atoms with Gasteiger partial charge in [0.2, 0.25) is 0 Å². The van der Waals surface area contributed by atoms with Crippen LogP contribution in [-0.2, 0) is 9.59 Å². The minimum atomic E-state index is -1.40. The van der Waals surface area contributed by atoms with Gasteiger partial charge in [0.1, 0.15) is 11.3 Å².